The van der Waals surface area contributed by atoms with E-state index in [4.69, 9.17) is 4.74 Å². The molecule has 6 nitrogen and oxygen atoms in total. The number of nitrogens with one attached hydrogen (secondary N) is 2. The lowest BCUT2D eigenvalue weighted by Gasteiger charge is -2.10. The number of ether oxygens (including phenoxy) is 1. The predicted molar refractivity (Wildman–Crippen MR) is 110 cm³/mol. The molecular weight excluding hydrogens is 352 g/mol. The highest BCUT2D eigenvalue weighted by Crippen LogP contribution is 2.16. The fourth-order valence-electron chi connectivity index (χ4n) is 2.96. The maximum absolute atomic E-state index is 11.9. The molecule has 0 radical (unpaired) electrons. The zero-order valence-electron chi connectivity index (χ0n) is 16.1. The Kier molecular flexibility index (Phi) is 7.07. The number of rotatable bonds is 9. The van der Waals surface area contributed by atoms with Crippen LogP contribution in [0.2, 0.25) is 0 Å². The first-order chi connectivity index (χ1) is 13.8. The van der Waals surface area contributed by atoms with Gasteiger partial charge >= 0.3 is 6.03 Å². The third kappa shape index (κ3) is 5.61. The van der Waals surface area contributed by atoms with Gasteiger partial charge in [0.2, 0.25) is 0 Å². The summed E-state index contributed by atoms with van der Waals surface area (Å²) in [7, 11) is 1.65. The molecule has 146 valence electrons. The lowest BCUT2D eigenvalue weighted by atomic mass is 10.1. The molecular formula is C22H26N4O2. The van der Waals surface area contributed by atoms with Gasteiger partial charge < -0.3 is 19.9 Å². The minimum atomic E-state index is -0.137. The molecule has 28 heavy (non-hydrogen) atoms. The SMILES string of the molecule is COc1ccc(CCNC(=O)NCCCn2ccnc2-c2ccccc2)cc1. The van der Waals surface area contributed by atoms with Crippen molar-refractivity contribution in [2.24, 2.45) is 0 Å². The van der Waals surface area contributed by atoms with Crippen LogP contribution >= 0.6 is 0 Å². The summed E-state index contributed by atoms with van der Waals surface area (Å²) in [5.74, 6) is 1.78. The molecule has 0 aliphatic heterocycles. The van der Waals surface area contributed by atoms with Crippen LogP contribution in [-0.4, -0.2) is 35.8 Å². The number of benzene rings is 2. The van der Waals surface area contributed by atoms with Crippen molar-refractivity contribution in [1.29, 1.82) is 0 Å². The normalized spacial score (nSPS) is 10.5. The van der Waals surface area contributed by atoms with E-state index >= 15 is 0 Å². The standard InChI is InChI=1S/C22H26N4O2/c1-28-20-10-8-18(9-11-20)12-14-25-22(27)24-13-5-16-26-17-15-23-21(26)19-6-3-2-4-7-19/h2-4,6-11,15,17H,5,12-14,16H2,1H3,(H2,24,25,27). The third-order valence-electron chi connectivity index (χ3n) is 4.47. The van der Waals surface area contributed by atoms with Gasteiger partial charge in [0.05, 0.1) is 7.11 Å². The van der Waals surface area contributed by atoms with Crippen molar-refractivity contribution in [3.63, 3.8) is 0 Å². The lowest BCUT2D eigenvalue weighted by Crippen LogP contribution is -2.37. The number of carbonyl (C=O) groups excluding carboxylic acids is 1. The number of methoxy groups -OCH3 is 1. The number of nitrogens with zero attached hydrogens (tertiary/aromatic N) is 2. The highest BCUT2D eigenvalue weighted by atomic mass is 16.5. The quantitative estimate of drug-likeness (QED) is 0.560. The van der Waals surface area contributed by atoms with Crippen LogP contribution in [0.25, 0.3) is 11.4 Å². The van der Waals surface area contributed by atoms with Crippen LogP contribution < -0.4 is 15.4 Å². The summed E-state index contributed by atoms with van der Waals surface area (Å²) >= 11 is 0. The molecule has 1 aromatic heterocycles. The van der Waals surface area contributed by atoms with Crippen LogP contribution in [0.5, 0.6) is 5.75 Å². The van der Waals surface area contributed by atoms with Gasteiger partial charge in [-0.3, -0.25) is 0 Å². The summed E-state index contributed by atoms with van der Waals surface area (Å²) in [6, 6.07) is 17.8. The Morgan fingerprint density at radius 3 is 2.54 bits per heavy atom. The minimum absolute atomic E-state index is 0.137. The Labute approximate surface area is 165 Å². The maximum Gasteiger partial charge on any atom is 0.314 e. The molecule has 2 aromatic carbocycles. The van der Waals surface area contributed by atoms with E-state index in [-0.39, 0.29) is 6.03 Å². The van der Waals surface area contributed by atoms with Gasteiger partial charge in [-0.05, 0) is 30.5 Å². The number of aryl methyl sites for hydroxylation is 1. The van der Waals surface area contributed by atoms with Crippen molar-refractivity contribution >= 4 is 6.03 Å². The second kappa shape index (κ2) is 10.2. The number of imidazole rings is 1. The minimum Gasteiger partial charge on any atom is -0.497 e. The highest BCUT2D eigenvalue weighted by molar-refractivity contribution is 5.73. The Hall–Kier alpha value is -3.28. The van der Waals surface area contributed by atoms with E-state index in [1.807, 2.05) is 67.0 Å². The third-order valence-corrected chi connectivity index (χ3v) is 4.47. The van der Waals surface area contributed by atoms with Crippen molar-refractivity contribution in [3.05, 3.63) is 72.6 Å². The number of amides is 2. The molecule has 0 saturated heterocycles. The van der Waals surface area contributed by atoms with E-state index in [9.17, 15) is 4.79 Å². The van der Waals surface area contributed by atoms with Crippen LogP contribution in [0.15, 0.2) is 67.0 Å². The summed E-state index contributed by atoms with van der Waals surface area (Å²) in [6.45, 7) is 2.01. The second-order valence-corrected chi connectivity index (χ2v) is 6.44. The van der Waals surface area contributed by atoms with Crippen molar-refractivity contribution in [3.8, 4) is 17.1 Å². The molecule has 6 heteroatoms. The van der Waals surface area contributed by atoms with Gasteiger partial charge in [-0.1, -0.05) is 42.5 Å². The van der Waals surface area contributed by atoms with Gasteiger partial charge in [0.25, 0.3) is 0 Å². The Bertz CT molecular complexity index is 860. The smallest absolute Gasteiger partial charge is 0.314 e. The second-order valence-electron chi connectivity index (χ2n) is 6.44. The van der Waals surface area contributed by atoms with Crippen LogP contribution in [0, 0.1) is 0 Å². The lowest BCUT2D eigenvalue weighted by molar-refractivity contribution is 0.240. The van der Waals surface area contributed by atoms with Crippen molar-refractivity contribution < 1.29 is 9.53 Å². The molecule has 2 N–H and O–H groups in total. The van der Waals surface area contributed by atoms with Crippen molar-refractivity contribution in [1.82, 2.24) is 20.2 Å². The molecule has 3 rings (SSSR count). The van der Waals surface area contributed by atoms with Gasteiger partial charge in [0, 0.05) is 37.6 Å². The van der Waals surface area contributed by atoms with E-state index in [1.54, 1.807) is 7.11 Å². The van der Waals surface area contributed by atoms with E-state index in [2.05, 4.69) is 20.2 Å². The van der Waals surface area contributed by atoms with E-state index in [1.165, 1.54) is 0 Å². The first-order valence-corrected chi connectivity index (χ1v) is 9.47. The summed E-state index contributed by atoms with van der Waals surface area (Å²) in [5, 5.41) is 5.80. The van der Waals surface area contributed by atoms with Crippen molar-refractivity contribution in [2.45, 2.75) is 19.4 Å². The van der Waals surface area contributed by atoms with Gasteiger partial charge in [0.15, 0.2) is 0 Å². The first kappa shape index (κ1) is 19.5. The molecule has 0 atom stereocenters. The monoisotopic (exact) mass is 378 g/mol. The van der Waals surface area contributed by atoms with E-state index in [0.29, 0.717) is 13.1 Å². The number of hydrogen-bond donors (Lipinski definition) is 2. The Morgan fingerprint density at radius 2 is 1.79 bits per heavy atom. The summed E-state index contributed by atoms with van der Waals surface area (Å²) in [6.07, 6.45) is 5.40. The van der Waals surface area contributed by atoms with Crippen LogP contribution in [0.4, 0.5) is 4.79 Å². The molecule has 0 saturated carbocycles. The molecule has 3 aromatic rings. The molecule has 0 unspecified atom stereocenters. The fourth-order valence-corrected chi connectivity index (χ4v) is 2.96. The van der Waals surface area contributed by atoms with Crippen LogP contribution in [-0.2, 0) is 13.0 Å². The predicted octanol–water partition coefficient (Wildman–Crippen LogP) is 3.49. The Morgan fingerprint density at radius 1 is 1.04 bits per heavy atom. The summed E-state index contributed by atoms with van der Waals surface area (Å²) < 4.78 is 7.25. The fraction of sp³-hybridized carbons (Fsp3) is 0.273. The van der Waals surface area contributed by atoms with Crippen LogP contribution in [0.3, 0.4) is 0 Å². The molecule has 1 heterocycles. The molecule has 0 aliphatic rings. The van der Waals surface area contributed by atoms with Gasteiger partial charge in [-0.25, -0.2) is 9.78 Å². The zero-order chi connectivity index (χ0) is 19.6. The highest BCUT2D eigenvalue weighted by Gasteiger charge is 2.05. The average molecular weight is 378 g/mol. The maximum atomic E-state index is 11.9. The van der Waals surface area contributed by atoms with E-state index < -0.39 is 0 Å². The van der Waals surface area contributed by atoms with Gasteiger partial charge in [0.1, 0.15) is 11.6 Å². The summed E-state index contributed by atoms with van der Waals surface area (Å²) in [4.78, 5) is 16.4. The average Bonchev–Trinajstić information content (AvgIpc) is 3.21. The first-order valence-electron chi connectivity index (χ1n) is 9.47. The number of urea groups is 1. The Balaban J connectivity index is 1.34. The molecule has 2 amide bonds. The van der Waals surface area contributed by atoms with Crippen LogP contribution in [0.1, 0.15) is 12.0 Å². The van der Waals surface area contributed by atoms with E-state index in [0.717, 1.165) is 42.1 Å². The molecule has 0 aliphatic carbocycles. The van der Waals surface area contributed by atoms with Gasteiger partial charge in [-0.2, -0.15) is 0 Å². The molecule has 0 fully saturated rings. The van der Waals surface area contributed by atoms with Crippen molar-refractivity contribution in [2.75, 3.05) is 20.2 Å². The topological polar surface area (TPSA) is 68.2 Å². The number of aromatic nitrogens is 2. The number of hydrogen-bond acceptors (Lipinski definition) is 3. The van der Waals surface area contributed by atoms with Gasteiger partial charge in [-0.15, -0.1) is 0 Å². The molecule has 0 bridgehead atoms. The zero-order valence-corrected chi connectivity index (χ0v) is 16.1. The largest absolute Gasteiger partial charge is 0.497 e. The number of carbonyl (C=O) groups is 1. The molecule has 0 spiro atoms. The summed E-state index contributed by atoms with van der Waals surface area (Å²) in [5.41, 5.74) is 2.26.